The van der Waals surface area contributed by atoms with Gasteiger partial charge in [-0.2, -0.15) is 0 Å². The van der Waals surface area contributed by atoms with Crippen LogP contribution >= 0.6 is 11.6 Å². The summed E-state index contributed by atoms with van der Waals surface area (Å²) in [5.41, 5.74) is 7.94. The molecule has 1 atom stereocenters. The zero-order valence-corrected chi connectivity index (χ0v) is 22.2. The minimum absolute atomic E-state index is 0.135. The Morgan fingerprint density at radius 2 is 2.03 bits per heavy atom. The van der Waals surface area contributed by atoms with E-state index in [9.17, 15) is 4.79 Å². The van der Waals surface area contributed by atoms with Gasteiger partial charge in [0.2, 0.25) is 0 Å². The van der Waals surface area contributed by atoms with Crippen molar-refractivity contribution in [2.75, 3.05) is 12.3 Å². The number of fused-ring (bicyclic) bond motifs is 1. The molecule has 7 nitrogen and oxygen atoms in total. The number of hydrogen-bond acceptors (Lipinski definition) is 5. The molecule has 4 rings (SSSR count). The van der Waals surface area contributed by atoms with Crippen LogP contribution in [0.3, 0.4) is 0 Å². The van der Waals surface area contributed by atoms with Crippen LogP contribution in [0.25, 0.3) is 5.52 Å². The van der Waals surface area contributed by atoms with E-state index in [0.717, 1.165) is 12.1 Å². The van der Waals surface area contributed by atoms with Crippen LogP contribution in [0.1, 0.15) is 92.7 Å². The lowest BCUT2D eigenvalue weighted by Crippen LogP contribution is -2.29. The Bertz CT molecular complexity index is 1250. The number of nitrogen functional groups attached to an aromatic ring is 1. The van der Waals surface area contributed by atoms with Gasteiger partial charge in [0, 0.05) is 30.4 Å². The van der Waals surface area contributed by atoms with Crippen LogP contribution in [-0.2, 0) is 0 Å². The highest BCUT2D eigenvalue weighted by Crippen LogP contribution is 2.40. The largest absolute Gasteiger partial charge is 0.490 e. The van der Waals surface area contributed by atoms with Gasteiger partial charge in [0.25, 0.3) is 5.91 Å². The van der Waals surface area contributed by atoms with Crippen molar-refractivity contribution in [3.05, 3.63) is 51.9 Å². The zero-order valence-electron chi connectivity index (χ0n) is 21.4. The van der Waals surface area contributed by atoms with E-state index in [4.69, 9.17) is 27.1 Å². The van der Waals surface area contributed by atoms with Gasteiger partial charge in [0.15, 0.2) is 5.82 Å². The average Bonchev–Trinajstić information content (AvgIpc) is 3.19. The fraction of sp³-hybridized carbons (Fsp3) is 0.519. The zero-order chi connectivity index (χ0) is 26.0. The lowest BCUT2D eigenvalue weighted by Gasteiger charge is -2.23. The highest BCUT2D eigenvalue weighted by molar-refractivity contribution is 6.31. The molecule has 1 amide bonds. The highest BCUT2D eigenvalue weighted by atomic mass is 35.5. The molecule has 0 saturated heterocycles. The molecule has 0 spiro atoms. The topological polar surface area (TPSA) is 94.5 Å². The van der Waals surface area contributed by atoms with Gasteiger partial charge < -0.3 is 15.8 Å². The van der Waals surface area contributed by atoms with E-state index in [1.807, 2.05) is 32.1 Å². The van der Waals surface area contributed by atoms with E-state index < -0.39 is 11.7 Å². The van der Waals surface area contributed by atoms with Crippen molar-refractivity contribution in [1.29, 1.82) is 0 Å². The molecule has 1 aromatic carbocycles. The number of nitrogens with two attached hydrogens (primary N) is 1. The van der Waals surface area contributed by atoms with Crippen molar-refractivity contribution in [3.8, 4) is 5.75 Å². The first kappa shape index (κ1) is 26.2. The molecule has 36 heavy (non-hydrogen) atoms. The number of anilines is 1. The summed E-state index contributed by atoms with van der Waals surface area (Å²) < 4.78 is 23.3. The number of carbonyl (C=O) groups is 1. The molecule has 1 aliphatic carbocycles. The number of nitrogens with zero attached hydrogens (tertiary/aromatic N) is 3. The van der Waals surface area contributed by atoms with E-state index in [-0.39, 0.29) is 28.4 Å². The molecule has 2 aromatic heterocycles. The Morgan fingerprint density at radius 3 is 2.72 bits per heavy atom. The molecule has 194 valence electrons. The molecule has 0 bridgehead atoms. The van der Waals surface area contributed by atoms with Gasteiger partial charge in [-0.05, 0) is 39.2 Å². The van der Waals surface area contributed by atoms with Crippen LogP contribution in [0.15, 0.2) is 18.5 Å². The quantitative estimate of drug-likeness (QED) is 0.380. The summed E-state index contributed by atoms with van der Waals surface area (Å²) in [4.78, 5) is 22.2. The third-order valence-corrected chi connectivity index (χ3v) is 7.26. The predicted octanol–water partition coefficient (Wildman–Crippen LogP) is 6.05. The number of aromatic nitrogens is 3. The van der Waals surface area contributed by atoms with E-state index in [1.165, 1.54) is 38.2 Å². The summed E-state index contributed by atoms with van der Waals surface area (Å²) in [6, 6.07) is 1.53. The molecule has 2 heterocycles. The summed E-state index contributed by atoms with van der Waals surface area (Å²) in [5.74, 6) is 0.138. The second-order valence-electron chi connectivity index (χ2n) is 9.99. The Kier molecular flexibility index (Phi) is 8.03. The predicted molar refractivity (Wildman–Crippen MR) is 140 cm³/mol. The average molecular weight is 516 g/mol. The van der Waals surface area contributed by atoms with E-state index >= 15 is 4.39 Å². The standard InChI is InChI=1S/C27H35ClFN5O2/c1-15(2)36-24-19(16(3)26-33-17(4)23-25(30)31-12-13-34(23)26)14-20(28)22(29)21(24)27(35)32-11-10-18-8-6-5-7-9-18/h12-16,18H,5-11H2,1-4H3,(H2,30,31)(H,32,35)/t16-/m0/s1. The van der Waals surface area contributed by atoms with E-state index in [2.05, 4.69) is 10.3 Å². The van der Waals surface area contributed by atoms with Crippen LogP contribution < -0.4 is 15.8 Å². The first-order chi connectivity index (χ1) is 17.2. The highest BCUT2D eigenvalue weighted by Gasteiger charge is 2.30. The second-order valence-corrected chi connectivity index (χ2v) is 10.4. The number of benzene rings is 1. The SMILES string of the molecule is Cc1nc([C@@H](C)c2cc(Cl)c(F)c(C(=O)NCCC3CCCCC3)c2OC(C)C)n2ccnc(N)c12. The molecule has 3 N–H and O–H groups in total. The number of nitrogens with one attached hydrogen (secondary N) is 1. The lowest BCUT2D eigenvalue weighted by atomic mass is 9.87. The van der Waals surface area contributed by atoms with Gasteiger partial charge in [-0.15, -0.1) is 0 Å². The minimum Gasteiger partial charge on any atom is -0.490 e. The van der Waals surface area contributed by atoms with E-state index in [1.54, 1.807) is 12.4 Å². The molecular weight excluding hydrogens is 481 g/mol. The third-order valence-electron chi connectivity index (χ3n) is 6.98. The first-order valence-electron chi connectivity index (χ1n) is 12.7. The Labute approximate surface area is 216 Å². The van der Waals surface area contributed by atoms with Gasteiger partial charge in [-0.25, -0.2) is 14.4 Å². The smallest absolute Gasteiger partial charge is 0.258 e. The summed E-state index contributed by atoms with van der Waals surface area (Å²) in [6.45, 7) is 7.95. The molecule has 9 heteroatoms. The molecule has 0 aliphatic heterocycles. The van der Waals surface area contributed by atoms with Gasteiger partial charge in [0.1, 0.15) is 28.5 Å². The number of carbonyl (C=O) groups excluding carboxylic acids is 1. The van der Waals surface area contributed by atoms with Crippen LogP contribution in [0.4, 0.5) is 10.2 Å². The molecule has 0 unspecified atom stereocenters. The molecule has 3 aromatic rings. The summed E-state index contributed by atoms with van der Waals surface area (Å²) in [6.07, 6.45) is 10.1. The maximum Gasteiger partial charge on any atom is 0.258 e. The van der Waals surface area contributed by atoms with Crippen LogP contribution in [0.5, 0.6) is 5.75 Å². The van der Waals surface area contributed by atoms with Gasteiger partial charge in [-0.1, -0.05) is 50.6 Å². The molecule has 0 radical (unpaired) electrons. The van der Waals surface area contributed by atoms with Gasteiger partial charge in [0.05, 0.1) is 16.8 Å². The molecule has 1 fully saturated rings. The van der Waals surface area contributed by atoms with Crippen molar-refractivity contribution >= 4 is 28.8 Å². The number of aryl methyl sites for hydroxylation is 1. The Hall–Kier alpha value is -2.87. The first-order valence-corrected chi connectivity index (χ1v) is 13.1. The molecular formula is C27H35ClFN5O2. The number of amides is 1. The third kappa shape index (κ3) is 5.28. The Morgan fingerprint density at radius 1 is 1.31 bits per heavy atom. The number of hydrogen-bond donors (Lipinski definition) is 2. The lowest BCUT2D eigenvalue weighted by molar-refractivity contribution is 0.0939. The second kappa shape index (κ2) is 11.0. The maximum absolute atomic E-state index is 15.4. The molecule has 1 saturated carbocycles. The minimum atomic E-state index is -0.781. The fourth-order valence-electron chi connectivity index (χ4n) is 5.18. The number of rotatable bonds is 8. The number of ether oxygens (including phenoxy) is 1. The monoisotopic (exact) mass is 515 g/mol. The maximum atomic E-state index is 15.4. The van der Waals surface area contributed by atoms with Crippen LogP contribution in [0.2, 0.25) is 5.02 Å². The van der Waals surface area contributed by atoms with E-state index in [0.29, 0.717) is 35.2 Å². The summed E-state index contributed by atoms with van der Waals surface area (Å²) in [5, 5.41) is 2.78. The normalized spacial score (nSPS) is 15.4. The van der Waals surface area contributed by atoms with Crippen molar-refractivity contribution in [3.63, 3.8) is 0 Å². The fourth-order valence-corrected chi connectivity index (χ4v) is 5.40. The van der Waals surface area contributed by atoms with Crippen molar-refractivity contribution < 1.29 is 13.9 Å². The summed E-state index contributed by atoms with van der Waals surface area (Å²) in [7, 11) is 0. The summed E-state index contributed by atoms with van der Waals surface area (Å²) >= 11 is 6.34. The van der Waals surface area contributed by atoms with Crippen LogP contribution in [0, 0.1) is 18.7 Å². The van der Waals surface area contributed by atoms with Crippen molar-refractivity contribution in [2.45, 2.75) is 78.2 Å². The number of halogens is 2. The van der Waals surface area contributed by atoms with Gasteiger partial charge >= 0.3 is 0 Å². The van der Waals surface area contributed by atoms with Crippen molar-refractivity contribution in [1.82, 2.24) is 19.7 Å². The Balaban J connectivity index is 1.72. The van der Waals surface area contributed by atoms with Crippen LogP contribution in [-0.4, -0.2) is 32.9 Å². The van der Waals surface area contributed by atoms with Crippen molar-refractivity contribution in [2.24, 2.45) is 5.92 Å². The number of imidazole rings is 1. The van der Waals surface area contributed by atoms with Gasteiger partial charge in [-0.3, -0.25) is 9.20 Å². The molecule has 1 aliphatic rings.